The third-order valence-corrected chi connectivity index (χ3v) is 5.28. The molecule has 5 rings (SSSR count). The molecule has 33 heavy (non-hydrogen) atoms. The van der Waals surface area contributed by atoms with Gasteiger partial charge in [0, 0.05) is 12.0 Å². The molecule has 1 amide bonds. The minimum atomic E-state index is -0.340. The highest BCUT2D eigenvalue weighted by atomic mass is 16.5. The van der Waals surface area contributed by atoms with Crippen molar-refractivity contribution < 1.29 is 23.1 Å². The van der Waals surface area contributed by atoms with Crippen LogP contribution in [0, 0.1) is 0 Å². The number of furan rings is 1. The molecule has 0 spiro atoms. The van der Waals surface area contributed by atoms with Gasteiger partial charge in [0.05, 0.1) is 19.1 Å². The normalized spacial score (nSPS) is 15.4. The zero-order valence-electron chi connectivity index (χ0n) is 17.7. The van der Waals surface area contributed by atoms with Gasteiger partial charge in [-0.25, -0.2) is 5.01 Å². The van der Waals surface area contributed by atoms with Crippen LogP contribution in [0.3, 0.4) is 0 Å². The van der Waals surface area contributed by atoms with E-state index in [0.29, 0.717) is 23.8 Å². The molecule has 0 unspecified atom stereocenters. The number of nitrogens with zero attached hydrogens (tertiary/aromatic N) is 4. The number of hydrogen-bond donors (Lipinski definition) is 0. The molecule has 2 aromatic heterocycles. The summed E-state index contributed by atoms with van der Waals surface area (Å²) in [6.07, 6.45) is 3.39. The standard InChI is InChI=1S/C24H20N4O5/c1-30-18-8-4-16(5-9-18)20-13-21(22-3-2-12-31-22)28(27-20)23(29)14-32-19-10-6-17(7-11-19)24-26-25-15-33-24/h2-12,15,21H,13-14H2,1H3/t21-/m1/s1. The number of rotatable bonds is 7. The van der Waals surface area contributed by atoms with E-state index < -0.39 is 0 Å². The monoisotopic (exact) mass is 444 g/mol. The Kier molecular flexibility index (Phi) is 5.59. The summed E-state index contributed by atoms with van der Waals surface area (Å²) in [7, 11) is 1.62. The average Bonchev–Trinajstić information content (AvgIpc) is 3.64. The van der Waals surface area contributed by atoms with Gasteiger partial charge in [-0.05, 0) is 66.2 Å². The lowest BCUT2D eigenvalue weighted by atomic mass is 10.0. The molecule has 166 valence electrons. The maximum absolute atomic E-state index is 13.1. The molecular formula is C24H20N4O5. The van der Waals surface area contributed by atoms with E-state index in [-0.39, 0.29) is 18.6 Å². The van der Waals surface area contributed by atoms with Gasteiger partial charge in [-0.15, -0.1) is 10.2 Å². The summed E-state index contributed by atoms with van der Waals surface area (Å²) in [5.41, 5.74) is 2.47. The summed E-state index contributed by atoms with van der Waals surface area (Å²) in [6.45, 7) is -0.170. The highest BCUT2D eigenvalue weighted by Gasteiger charge is 2.35. The fraction of sp³-hybridized carbons (Fsp3) is 0.167. The summed E-state index contributed by atoms with van der Waals surface area (Å²) in [6, 6.07) is 17.9. The zero-order chi connectivity index (χ0) is 22.6. The van der Waals surface area contributed by atoms with Crippen molar-refractivity contribution in [2.45, 2.75) is 12.5 Å². The predicted molar refractivity (Wildman–Crippen MR) is 118 cm³/mol. The van der Waals surface area contributed by atoms with Crippen molar-refractivity contribution in [2.75, 3.05) is 13.7 Å². The van der Waals surface area contributed by atoms with Crippen molar-refractivity contribution in [2.24, 2.45) is 5.10 Å². The number of benzene rings is 2. The Hall–Kier alpha value is -4.40. The van der Waals surface area contributed by atoms with Gasteiger partial charge in [0.2, 0.25) is 12.3 Å². The Morgan fingerprint density at radius 2 is 1.79 bits per heavy atom. The Morgan fingerprint density at radius 3 is 2.45 bits per heavy atom. The second-order valence-electron chi connectivity index (χ2n) is 7.31. The molecule has 0 bridgehead atoms. The number of ether oxygens (including phenoxy) is 2. The summed E-state index contributed by atoms with van der Waals surface area (Å²) < 4.78 is 21.7. The minimum Gasteiger partial charge on any atom is -0.497 e. The SMILES string of the molecule is COc1ccc(C2=NN(C(=O)COc3ccc(-c4nnco4)cc3)[C@@H](c3ccco3)C2)cc1. The summed E-state index contributed by atoms with van der Waals surface area (Å²) >= 11 is 0. The fourth-order valence-corrected chi connectivity index (χ4v) is 3.60. The fourth-order valence-electron chi connectivity index (χ4n) is 3.60. The van der Waals surface area contributed by atoms with Crippen molar-refractivity contribution in [3.8, 4) is 23.0 Å². The van der Waals surface area contributed by atoms with Gasteiger partial charge >= 0.3 is 0 Å². The lowest BCUT2D eigenvalue weighted by Crippen LogP contribution is -2.31. The van der Waals surface area contributed by atoms with Gasteiger partial charge in [0.15, 0.2) is 6.61 Å². The van der Waals surface area contributed by atoms with E-state index in [2.05, 4.69) is 15.3 Å². The molecule has 0 aliphatic carbocycles. The number of carbonyl (C=O) groups excluding carboxylic acids is 1. The lowest BCUT2D eigenvalue weighted by molar-refractivity contribution is -0.135. The third-order valence-electron chi connectivity index (χ3n) is 5.28. The number of methoxy groups -OCH3 is 1. The van der Waals surface area contributed by atoms with Crippen LogP contribution < -0.4 is 9.47 Å². The van der Waals surface area contributed by atoms with E-state index in [4.69, 9.17) is 18.3 Å². The van der Waals surface area contributed by atoms with E-state index in [1.54, 1.807) is 43.7 Å². The third kappa shape index (κ3) is 4.33. The van der Waals surface area contributed by atoms with Gasteiger partial charge in [0.25, 0.3) is 5.91 Å². The number of carbonyl (C=O) groups is 1. The van der Waals surface area contributed by atoms with Crippen LogP contribution in [-0.2, 0) is 4.79 Å². The largest absolute Gasteiger partial charge is 0.497 e. The van der Waals surface area contributed by atoms with E-state index in [0.717, 1.165) is 22.6 Å². The van der Waals surface area contributed by atoms with Gasteiger partial charge in [-0.2, -0.15) is 5.10 Å². The summed E-state index contributed by atoms with van der Waals surface area (Å²) in [5.74, 6) is 2.10. The maximum atomic E-state index is 13.1. The van der Waals surface area contributed by atoms with Crippen LogP contribution in [0.15, 0.2) is 87.3 Å². The highest BCUT2D eigenvalue weighted by Crippen LogP contribution is 2.33. The van der Waals surface area contributed by atoms with Gasteiger partial charge in [0.1, 0.15) is 23.3 Å². The minimum absolute atomic E-state index is 0.170. The molecule has 0 saturated carbocycles. The first-order valence-electron chi connectivity index (χ1n) is 10.3. The molecule has 0 N–H and O–H groups in total. The van der Waals surface area contributed by atoms with Crippen LogP contribution >= 0.6 is 0 Å². The van der Waals surface area contributed by atoms with Crippen LogP contribution in [0.25, 0.3) is 11.5 Å². The molecule has 9 nitrogen and oxygen atoms in total. The molecule has 2 aromatic carbocycles. The Bertz CT molecular complexity index is 1230. The second kappa shape index (κ2) is 8.99. The van der Waals surface area contributed by atoms with E-state index in [1.807, 2.05) is 30.3 Å². The number of aromatic nitrogens is 2. The molecule has 0 saturated heterocycles. The van der Waals surface area contributed by atoms with Crippen LogP contribution in [0.5, 0.6) is 11.5 Å². The van der Waals surface area contributed by atoms with Gasteiger partial charge < -0.3 is 18.3 Å². The average molecular weight is 444 g/mol. The van der Waals surface area contributed by atoms with Crippen molar-refractivity contribution in [1.82, 2.24) is 15.2 Å². The summed E-state index contributed by atoms with van der Waals surface area (Å²) in [5, 5.41) is 13.6. The number of hydrazone groups is 1. The Balaban J connectivity index is 1.31. The van der Waals surface area contributed by atoms with E-state index in [9.17, 15) is 4.79 Å². The molecule has 4 aromatic rings. The first-order chi connectivity index (χ1) is 16.2. The summed E-state index contributed by atoms with van der Waals surface area (Å²) in [4.78, 5) is 13.1. The quantitative estimate of drug-likeness (QED) is 0.423. The molecule has 1 atom stereocenters. The van der Waals surface area contributed by atoms with Crippen LogP contribution in [0.4, 0.5) is 0 Å². The van der Waals surface area contributed by atoms with Crippen LogP contribution in [0.1, 0.15) is 23.8 Å². The number of hydrogen-bond acceptors (Lipinski definition) is 8. The number of amides is 1. The van der Waals surface area contributed by atoms with Gasteiger partial charge in [-0.1, -0.05) is 0 Å². The maximum Gasteiger partial charge on any atom is 0.281 e. The second-order valence-corrected chi connectivity index (χ2v) is 7.31. The molecule has 0 fully saturated rings. The Morgan fingerprint density at radius 1 is 1.03 bits per heavy atom. The molecule has 1 aliphatic rings. The zero-order valence-corrected chi connectivity index (χ0v) is 17.7. The smallest absolute Gasteiger partial charge is 0.281 e. The van der Waals surface area contributed by atoms with Crippen molar-refractivity contribution in [1.29, 1.82) is 0 Å². The van der Waals surface area contributed by atoms with Crippen LogP contribution in [-0.4, -0.2) is 40.5 Å². The molecule has 9 heteroatoms. The topological polar surface area (TPSA) is 103 Å². The van der Waals surface area contributed by atoms with E-state index in [1.165, 1.54) is 11.4 Å². The van der Waals surface area contributed by atoms with Crippen molar-refractivity contribution in [3.05, 3.63) is 84.6 Å². The molecular weight excluding hydrogens is 424 g/mol. The highest BCUT2D eigenvalue weighted by molar-refractivity contribution is 6.03. The van der Waals surface area contributed by atoms with Gasteiger partial charge in [-0.3, -0.25) is 4.79 Å². The van der Waals surface area contributed by atoms with Crippen molar-refractivity contribution in [3.63, 3.8) is 0 Å². The Labute approximate surface area is 189 Å². The molecule has 1 aliphatic heterocycles. The first-order valence-corrected chi connectivity index (χ1v) is 10.3. The predicted octanol–water partition coefficient (Wildman–Crippen LogP) is 4.09. The first kappa shape index (κ1) is 20.5. The van der Waals surface area contributed by atoms with E-state index >= 15 is 0 Å². The molecule has 3 heterocycles. The molecule has 0 radical (unpaired) electrons. The van der Waals surface area contributed by atoms with Crippen LogP contribution in [0.2, 0.25) is 0 Å². The lowest BCUT2D eigenvalue weighted by Gasteiger charge is -2.20. The van der Waals surface area contributed by atoms with Crippen molar-refractivity contribution >= 4 is 11.6 Å².